The number of alkyl halides is 9. The van der Waals surface area contributed by atoms with E-state index in [1.807, 2.05) is 29.8 Å². The molecule has 45 heavy (non-hydrogen) atoms. The van der Waals surface area contributed by atoms with Crippen molar-refractivity contribution in [3.05, 3.63) is 52.0 Å². The van der Waals surface area contributed by atoms with Crippen LogP contribution in [-0.2, 0) is 32.2 Å². The first-order chi connectivity index (χ1) is 20.6. The lowest BCUT2D eigenvalue weighted by Crippen LogP contribution is -2.32. The van der Waals surface area contributed by atoms with Crippen LogP contribution >= 0.6 is 11.3 Å². The second kappa shape index (κ2) is 17.3. The summed E-state index contributed by atoms with van der Waals surface area (Å²) in [5, 5.41) is 23.6. The van der Waals surface area contributed by atoms with Gasteiger partial charge in [-0.3, -0.25) is 14.8 Å². The monoisotopic (exact) mass is 685 g/mol. The molecule has 0 amide bonds. The SMILES string of the molecule is Cc1ccsc1CN1C[C@@H]2CN(Cc3cccnc3)CCO[C@@H]2C1.O=C(O)C(F)(F)F.O=C(O)C(F)(F)F.O=C(O)C(F)(F)F. The Morgan fingerprint density at radius 2 is 1.38 bits per heavy atom. The van der Waals surface area contributed by atoms with Crippen molar-refractivity contribution in [2.24, 2.45) is 5.92 Å². The number of aromatic nitrogens is 1. The molecule has 0 radical (unpaired) electrons. The lowest BCUT2D eigenvalue weighted by Gasteiger charge is -2.23. The zero-order chi connectivity index (χ0) is 34.6. The van der Waals surface area contributed by atoms with E-state index in [1.54, 1.807) is 0 Å². The molecule has 254 valence electrons. The average Bonchev–Trinajstić information content (AvgIpc) is 3.43. The molecular weight excluding hydrogens is 657 g/mol. The molecule has 0 aromatic carbocycles. The first-order valence-electron chi connectivity index (χ1n) is 12.5. The summed E-state index contributed by atoms with van der Waals surface area (Å²) in [5.41, 5.74) is 2.71. The Hall–Kier alpha value is -3.49. The Morgan fingerprint density at radius 3 is 1.80 bits per heavy atom. The first-order valence-corrected chi connectivity index (χ1v) is 13.4. The summed E-state index contributed by atoms with van der Waals surface area (Å²) in [6, 6.07) is 6.41. The van der Waals surface area contributed by atoms with Gasteiger partial charge in [-0.1, -0.05) is 6.07 Å². The molecule has 4 heterocycles. The predicted molar refractivity (Wildman–Crippen MR) is 138 cm³/mol. The molecule has 4 rings (SSSR count). The summed E-state index contributed by atoms with van der Waals surface area (Å²) < 4.78 is 101. The van der Waals surface area contributed by atoms with E-state index in [9.17, 15) is 39.5 Å². The van der Waals surface area contributed by atoms with E-state index < -0.39 is 36.4 Å². The third-order valence-electron chi connectivity index (χ3n) is 5.88. The van der Waals surface area contributed by atoms with Crippen molar-refractivity contribution in [1.29, 1.82) is 0 Å². The van der Waals surface area contributed by atoms with Crippen LogP contribution < -0.4 is 0 Å². The van der Waals surface area contributed by atoms with Crippen LogP contribution in [-0.4, -0.2) is 105 Å². The molecule has 2 aliphatic rings. The molecule has 2 fully saturated rings. The number of carboxylic acids is 3. The highest BCUT2D eigenvalue weighted by molar-refractivity contribution is 7.10. The second-order valence-electron chi connectivity index (χ2n) is 9.40. The Morgan fingerprint density at radius 1 is 0.867 bits per heavy atom. The minimum Gasteiger partial charge on any atom is -0.475 e. The average molecular weight is 686 g/mol. The van der Waals surface area contributed by atoms with Crippen molar-refractivity contribution in [3.8, 4) is 0 Å². The van der Waals surface area contributed by atoms with Crippen LogP contribution in [0.25, 0.3) is 0 Å². The van der Waals surface area contributed by atoms with Gasteiger partial charge in [0, 0.05) is 62.5 Å². The van der Waals surface area contributed by atoms with Crippen molar-refractivity contribution in [2.75, 3.05) is 32.8 Å². The van der Waals surface area contributed by atoms with E-state index in [-0.39, 0.29) is 0 Å². The molecule has 0 spiro atoms. The van der Waals surface area contributed by atoms with Gasteiger partial charge in [-0.15, -0.1) is 11.3 Å². The van der Waals surface area contributed by atoms with Gasteiger partial charge in [0.15, 0.2) is 0 Å². The van der Waals surface area contributed by atoms with E-state index in [2.05, 4.69) is 39.2 Å². The van der Waals surface area contributed by atoms with E-state index in [1.165, 1.54) is 16.0 Å². The fourth-order valence-electron chi connectivity index (χ4n) is 3.84. The third kappa shape index (κ3) is 15.4. The van der Waals surface area contributed by atoms with Crippen molar-refractivity contribution < 1.29 is 74.0 Å². The number of pyridine rings is 1. The van der Waals surface area contributed by atoms with Crippen LogP contribution in [0, 0.1) is 12.8 Å². The number of nitrogens with zero attached hydrogens (tertiary/aromatic N) is 3. The fraction of sp³-hybridized carbons (Fsp3) is 0.520. The molecule has 20 heteroatoms. The molecule has 2 aromatic heterocycles. The van der Waals surface area contributed by atoms with Crippen molar-refractivity contribution >= 4 is 29.2 Å². The van der Waals surface area contributed by atoms with Gasteiger partial charge in [0.1, 0.15) is 0 Å². The zero-order valence-electron chi connectivity index (χ0n) is 23.2. The van der Waals surface area contributed by atoms with Gasteiger partial charge in [0.25, 0.3) is 0 Å². The first kappa shape index (κ1) is 39.5. The molecule has 2 saturated heterocycles. The standard InChI is InChI=1S/C19H25N3OS.3C2HF3O2/c1-15-4-8-24-19(15)14-22-12-17-11-21(6-7-23-18(17)13-22)10-16-3-2-5-20-9-16;3*3-2(4,5)1(6)7/h2-5,8-9,17-18H,6-7,10-14H2,1H3;3*(H,6,7)/t17-,18+;;;/m0.../s1. The smallest absolute Gasteiger partial charge is 0.475 e. The van der Waals surface area contributed by atoms with Crippen molar-refractivity contribution in [3.63, 3.8) is 0 Å². The summed E-state index contributed by atoms with van der Waals surface area (Å²) in [5.74, 6) is -7.66. The molecule has 0 bridgehead atoms. The van der Waals surface area contributed by atoms with Gasteiger partial charge in [0.05, 0.1) is 12.7 Å². The highest BCUT2D eigenvalue weighted by Gasteiger charge is 2.40. The maximum atomic E-state index is 10.6. The molecule has 0 saturated carbocycles. The lowest BCUT2D eigenvalue weighted by molar-refractivity contribution is -0.193. The van der Waals surface area contributed by atoms with E-state index in [0.717, 1.165) is 45.9 Å². The van der Waals surface area contributed by atoms with Gasteiger partial charge in [-0.05, 0) is 35.6 Å². The summed E-state index contributed by atoms with van der Waals surface area (Å²) in [4.78, 5) is 37.5. The molecule has 2 aromatic rings. The van der Waals surface area contributed by atoms with E-state index in [0.29, 0.717) is 12.0 Å². The molecule has 10 nitrogen and oxygen atoms in total. The van der Waals surface area contributed by atoms with Gasteiger partial charge in [-0.2, -0.15) is 39.5 Å². The fourth-order valence-corrected chi connectivity index (χ4v) is 4.79. The zero-order valence-corrected chi connectivity index (χ0v) is 24.0. The normalized spacial score (nSPS) is 18.9. The Bertz CT molecular complexity index is 1170. The number of rotatable bonds is 4. The number of aryl methyl sites for hydroxylation is 1. The number of thiophene rings is 1. The van der Waals surface area contributed by atoms with Gasteiger partial charge in [0.2, 0.25) is 0 Å². The highest BCUT2D eigenvalue weighted by Crippen LogP contribution is 2.27. The Kier molecular flexibility index (Phi) is 15.2. The number of ether oxygens (including phenoxy) is 1. The van der Waals surface area contributed by atoms with Crippen LogP contribution in [0.3, 0.4) is 0 Å². The molecule has 3 N–H and O–H groups in total. The summed E-state index contributed by atoms with van der Waals surface area (Å²) in [6.07, 6.45) is -11.0. The number of carbonyl (C=O) groups is 3. The highest BCUT2D eigenvalue weighted by atomic mass is 32.1. The third-order valence-corrected chi connectivity index (χ3v) is 6.89. The summed E-state index contributed by atoms with van der Waals surface area (Å²) >= 11 is 1.88. The minimum absolute atomic E-state index is 0.393. The topological polar surface area (TPSA) is 140 Å². The van der Waals surface area contributed by atoms with Crippen molar-refractivity contribution in [2.45, 2.75) is 44.6 Å². The number of aliphatic carboxylic acids is 3. The van der Waals surface area contributed by atoms with Crippen LogP contribution in [0.1, 0.15) is 16.0 Å². The van der Waals surface area contributed by atoms with Gasteiger partial charge in [-0.25, -0.2) is 14.4 Å². The second-order valence-corrected chi connectivity index (χ2v) is 10.4. The molecule has 0 aliphatic carbocycles. The lowest BCUT2D eigenvalue weighted by atomic mass is 10.1. The summed E-state index contributed by atoms with van der Waals surface area (Å²) in [6.45, 7) is 9.46. The van der Waals surface area contributed by atoms with E-state index in [4.69, 9.17) is 34.4 Å². The minimum atomic E-state index is -5.08. The molecule has 2 atom stereocenters. The quantitative estimate of drug-likeness (QED) is 0.389. The number of carboxylic acid groups (broad SMARTS) is 3. The summed E-state index contributed by atoms with van der Waals surface area (Å²) in [7, 11) is 0. The predicted octanol–water partition coefficient (Wildman–Crippen LogP) is 4.68. The molecule has 0 unspecified atom stereocenters. The van der Waals surface area contributed by atoms with Gasteiger partial charge < -0.3 is 20.1 Å². The number of halogens is 9. The van der Waals surface area contributed by atoms with Crippen LogP contribution in [0.5, 0.6) is 0 Å². The number of fused-ring (bicyclic) bond motifs is 1. The number of likely N-dealkylation sites (tertiary alicyclic amines) is 1. The number of hydrogen-bond donors (Lipinski definition) is 3. The maximum absolute atomic E-state index is 10.6. The van der Waals surface area contributed by atoms with Crippen molar-refractivity contribution in [1.82, 2.24) is 14.8 Å². The van der Waals surface area contributed by atoms with Crippen LogP contribution in [0.15, 0.2) is 36.0 Å². The number of hydrogen-bond acceptors (Lipinski definition) is 8. The van der Waals surface area contributed by atoms with E-state index >= 15 is 0 Å². The Balaban J connectivity index is 0.000000396. The largest absolute Gasteiger partial charge is 0.490 e. The van der Waals surface area contributed by atoms with Crippen LogP contribution in [0.4, 0.5) is 39.5 Å². The van der Waals surface area contributed by atoms with Gasteiger partial charge >= 0.3 is 36.4 Å². The maximum Gasteiger partial charge on any atom is 0.490 e. The molecule has 2 aliphatic heterocycles. The van der Waals surface area contributed by atoms with Crippen LogP contribution in [0.2, 0.25) is 0 Å². The molecular formula is C25H28F9N3O7S. The Labute approximate surface area is 253 Å².